The second-order valence-electron chi connectivity index (χ2n) is 2.81. The van der Waals surface area contributed by atoms with Gasteiger partial charge in [0.05, 0.1) is 0 Å². The fourth-order valence-electron chi connectivity index (χ4n) is 0.694. The van der Waals surface area contributed by atoms with Gasteiger partial charge in [0.25, 0.3) is 5.91 Å². The summed E-state index contributed by atoms with van der Waals surface area (Å²) in [6.45, 7) is -0.194. The minimum atomic E-state index is -4.66. The van der Waals surface area contributed by atoms with Crippen molar-refractivity contribution in [3.63, 3.8) is 0 Å². The van der Waals surface area contributed by atoms with Crippen LogP contribution in [-0.4, -0.2) is 41.0 Å². The van der Waals surface area contributed by atoms with E-state index in [1.165, 1.54) is 6.26 Å². The standard InChI is InChI=1S/C7H11F4NO2S/c1-15(14)4-2-3-12-6(13)7(10,11)5(8)9/h5H,2-4H2,1H3,(H,12,13). The molecule has 0 bridgehead atoms. The molecule has 8 heteroatoms. The summed E-state index contributed by atoms with van der Waals surface area (Å²) in [5, 5.41) is 1.66. The Labute approximate surface area is 86.7 Å². The van der Waals surface area contributed by atoms with Gasteiger partial charge in [0.15, 0.2) is 0 Å². The predicted octanol–water partition coefficient (Wildman–Crippen LogP) is 0.772. The number of hydrogen-bond donors (Lipinski definition) is 1. The van der Waals surface area contributed by atoms with Gasteiger partial charge in [-0.1, -0.05) is 0 Å². The molecular formula is C7H11F4NO2S. The Kier molecular flexibility index (Phi) is 5.77. The van der Waals surface area contributed by atoms with Crippen molar-refractivity contribution >= 4 is 16.7 Å². The summed E-state index contributed by atoms with van der Waals surface area (Å²) < 4.78 is 58.4. The van der Waals surface area contributed by atoms with Gasteiger partial charge in [-0.15, -0.1) is 0 Å². The molecule has 1 unspecified atom stereocenters. The molecule has 0 aromatic heterocycles. The molecule has 0 aliphatic rings. The van der Waals surface area contributed by atoms with E-state index in [1.807, 2.05) is 0 Å². The van der Waals surface area contributed by atoms with Gasteiger partial charge in [-0.25, -0.2) is 8.78 Å². The summed E-state index contributed by atoms with van der Waals surface area (Å²) in [7, 11) is -1.10. The van der Waals surface area contributed by atoms with Crippen molar-refractivity contribution < 1.29 is 26.6 Å². The molecule has 0 aromatic rings. The minimum absolute atomic E-state index is 0.194. The van der Waals surface area contributed by atoms with Gasteiger partial charge in [0, 0.05) is 29.4 Å². The molecule has 0 fully saturated rings. The highest BCUT2D eigenvalue weighted by molar-refractivity contribution is 7.84. The lowest BCUT2D eigenvalue weighted by Gasteiger charge is -2.14. The number of alkyl halides is 4. The summed E-state index contributed by atoms with van der Waals surface area (Å²) >= 11 is 0. The molecule has 90 valence electrons. The second-order valence-corrected chi connectivity index (χ2v) is 4.37. The second kappa shape index (κ2) is 6.04. The quantitative estimate of drug-likeness (QED) is 0.558. The lowest BCUT2D eigenvalue weighted by atomic mass is 10.3. The van der Waals surface area contributed by atoms with E-state index in [9.17, 15) is 26.6 Å². The lowest BCUT2D eigenvalue weighted by Crippen LogP contribution is -2.45. The van der Waals surface area contributed by atoms with Gasteiger partial charge in [0.2, 0.25) is 0 Å². The van der Waals surface area contributed by atoms with Crippen molar-refractivity contribution in [1.29, 1.82) is 0 Å². The highest BCUT2D eigenvalue weighted by Crippen LogP contribution is 2.22. The van der Waals surface area contributed by atoms with Crippen molar-refractivity contribution in [2.75, 3.05) is 18.6 Å². The third-order valence-electron chi connectivity index (χ3n) is 1.47. The number of carbonyl (C=O) groups excluding carboxylic acids is 1. The monoisotopic (exact) mass is 249 g/mol. The Morgan fingerprint density at radius 2 is 2.00 bits per heavy atom. The number of halogens is 4. The average molecular weight is 249 g/mol. The number of hydrogen-bond acceptors (Lipinski definition) is 2. The highest BCUT2D eigenvalue weighted by Gasteiger charge is 2.48. The van der Waals surface area contributed by atoms with Crippen LogP contribution in [0, 0.1) is 0 Å². The molecule has 0 aromatic carbocycles. The first-order valence-electron chi connectivity index (χ1n) is 4.02. The molecule has 0 aliphatic carbocycles. The largest absolute Gasteiger partial charge is 0.383 e. The third kappa shape index (κ3) is 5.10. The molecule has 1 atom stereocenters. The van der Waals surface area contributed by atoms with E-state index in [0.29, 0.717) is 0 Å². The van der Waals surface area contributed by atoms with E-state index in [4.69, 9.17) is 0 Å². The summed E-state index contributed by atoms with van der Waals surface area (Å²) in [5.74, 6) is -6.44. The van der Waals surface area contributed by atoms with Crippen LogP contribution >= 0.6 is 0 Å². The summed E-state index contributed by atoms with van der Waals surface area (Å²) in [5.41, 5.74) is 0. The Morgan fingerprint density at radius 1 is 1.47 bits per heavy atom. The minimum Gasteiger partial charge on any atom is -0.351 e. The first-order chi connectivity index (χ1) is 6.78. The van der Waals surface area contributed by atoms with Crippen LogP contribution in [0.25, 0.3) is 0 Å². The van der Waals surface area contributed by atoms with Gasteiger partial charge in [0.1, 0.15) is 0 Å². The van der Waals surface area contributed by atoms with Crippen LogP contribution in [0.4, 0.5) is 17.6 Å². The van der Waals surface area contributed by atoms with Crippen LogP contribution in [0.2, 0.25) is 0 Å². The van der Waals surface area contributed by atoms with Crippen molar-refractivity contribution in [1.82, 2.24) is 5.32 Å². The average Bonchev–Trinajstić information content (AvgIpc) is 2.11. The Morgan fingerprint density at radius 3 is 2.40 bits per heavy atom. The van der Waals surface area contributed by atoms with Crippen molar-refractivity contribution in [2.24, 2.45) is 0 Å². The van der Waals surface area contributed by atoms with Crippen LogP contribution in [0.1, 0.15) is 6.42 Å². The van der Waals surface area contributed by atoms with Crippen LogP contribution in [-0.2, 0) is 15.6 Å². The molecule has 1 N–H and O–H groups in total. The molecule has 3 nitrogen and oxygen atoms in total. The zero-order chi connectivity index (χ0) is 12.1. The van der Waals surface area contributed by atoms with Gasteiger partial charge in [-0.05, 0) is 6.42 Å². The van der Waals surface area contributed by atoms with Crippen LogP contribution in [0.5, 0.6) is 0 Å². The number of carbonyl (C=O) groups is 1. The van der Waals surface area contributed by atoms with E-state index in [2.05, 4.69) is 0 Å². The molecule has 15 heavy (non-hydrogen) atoms. The maximum atomic E-state index is 12.3. The van der Waals surface area contributed by atoms with Gasteiger partial charge < -0.3 is 5.32 Å². The van der Waals surface area contributed by atoms with Crippen LogP contribution in [0.3, 0.4) is 0 Å². The molecule has 0 aliphatic heterocycles. The lowest BCUT2D eigenvalue weighted by molar-refractivity contribution is -0.169. The topological polar surface area (TPSA) is 46.2 Å². The van der Waals surface area contributed by atoms with E-state index in [-0.39, 0.29) is 18.7 Å². The molecule has 0 saturated heterocycles. The smallest absolute Gasteiger partial charge is 0.351 e. The normalized spacial score (nSPS) is 14.0. The Balaban J connectivity index is 3.89. The van der Waals surface area contributed by atoms with Gasteiger partial charge in [-0.2, -0.15) is 8.78 Å². The Hall–Kier alpha value is -0.660. The summed E-state index contributed by atoms with van der Waals surface area (Å²) in [6.07, 6.45) is -2.40. The predicted molar refractivity (Wildman–Crippen MR) is 47.5 cm³/mol. The fourth-order valence-corrected chi connectivity index (χ4v) is 1.25. The first kappa shape index (κ1) is 14.3. The van der Waals surface area contributed by atoms with E-state index in [1.54, 1.807) is 5.32 Å². The van der Waals surface area contributed by atoms with Crippen LogP contribution < -0.4 is 5.32 Å². The van der Waals surface area contributed by atoms with E-state index < -0.39 is 29.1 Å². The Bertz CT molecular complexity index is 247. The third-order valence-corrected chi connectivity index (χ3v) is 2.33. The van der Waals surface area contributed by atoms with Crippen molar-refractivity contribution in [3.8, 4) is 0 Å². The molecule has 0 rings (SSSR count). The number of amides is 1. The SMILES string of the molecule is CS(=O)CCCNC(=O)C(F)(F)C(F)F. The maximum Gasteiger partial charge on any atom is 0.383 e. The van der Waals surface area contributed by atoms with E-state index in [0.717, 1.165) is 0 Å². The van der Waals surface area contributed by atoms with Crippen molar-refractivity contribution in [2.45, 2.75) is 18.8 Å². The van der Waals surface area contributed by atoms with Gasteiger partial charge >= 0.3 is 12.3 Å². The maximum absolute atomic E-state index is 12.3. The fraction of sp³-hybridized carbons (Fsp3) is 0.857. The van der Waals surface area contributed by atoms with Gasteiger partial charge in [-0.3, -0.25) is 9.00 Å². The molecular weight excluding hydrogens is 238 g/mol. The molecule has 0 radical (unpaired) electrons. The summed E-state index contributed by atoms with van der Waals surface area (Å²) in [6, 6.07) is 0. The van der Waals surface area contributed by atoms with E-state index >= 15 is 0 Å². The molecule has 0 saturated carbocycles. The zero-order valence-electron chi connectivity index (χ0n) is 7.94. The first-order valence-corrected chi connectivity index (χ1v) is 5.75. The summed E-state index contributed by atoms with van der Waals surface area (Å²) in [4.78, 5) is 10.5. The zero-order valence-corrected chi connectivity index (χ0v) is 8.75. The highest BCUT2D eigenvalue weighted by atomic mass is 32.2. The van der Waals surface area contributed by atoms with Crippen molar-refractivity contribution in [3.05, 3.63) is 0 Å². The van der Waals surface area contributed by atoms with Crippen LogP contribution in [0.15, 0.2) is 0 Å². The number of rotatable bonds is 6. The molecule has 1 amide bonds. The molecule has 0 spiro atoms. The number of nitrogens with one attached hydrogen (secondary N) is 1. The molecule has 0 heterocycles.